The van der Waals surface area contributed by atoms with Crippen molar-refractivity contribution in [3.8, 4) is 11.5 Å². The van der Waals surface area contributed by atoms with E-state index in [9.17, 15) is 0 Å². The summed E-state index contributed by atoms with van der Waals surface area (Å²) in [5.41, 5.74) is 4.49. The van der Waals surface area contributed by atoms with Gasteiger partial charge in [-0.1, -0.05) is 12.1 Å². The van der Waals surface area contributed by atoms with Crippen LogP contribution in [-0.4, -0.2) is 26.0 Å². The summed E-state index contributed by atoms with van der Waals surface area (Å²) in [5, 5.41) is 0. The third-order valence-corrected chi connectivity index (χ3v) is 5.98. The summed E-state index contributed by atoms with van der Waals surface area (Å²) in [4.78, 5) is 7.53. The molecule has 29 heavy (non-hydrogen) atoms. The summed E-state index contributed by atoms with van der Waals surface area (Å²) in [7, 11) is 3.37. The van der Waals surface area contributed by atoms with Crippen molar-refractivity contribution in [3.05, 3.63) is 87.5 Å². The molecule has 0 spiro atoms. The fraction of sp³-hybridized carbons (Fsp3) is 0.208. The van der Waals surface area contributed by atoms with Crippen LogP contribution in [0.15, 0.2) is 77.8 Å². The highest BCUT2D eigenvalue weighted by atomic mass is 127. The Morgan fingerprint density at radius 2 is 1.34 bits per heavy atom. The zero-order chi connectivity index (χ0) is 20.4. The maximum absolute atomic E-state index is 5.33. The second-order valence-corrected chi connectivity index (χ2v) is 8.19. The number of methoxy groups -OCH3 is 2. The molecule has 4 nitrogen and oxygen atoms in total. The van der Waals surface area contributed by atoms with Crippen LogP contribution in [0.1, 0.15) is 24.2 Å². The number of hydrogen-bond donors (Lipinski definition) is 0. The molecule has 4 rings (SSSR count). The number of rotatable bonds is 5. The Kier molecular flexibility index (Phi) is 5.76. The van der Waals surface area contributed by atoms with E-state index in [1.54, 1.807) is 14.2 Å². The second kappa shape index (κ2) is 8.45. The Balaban J connectivity index is 1.76. The van der Waals surface area contributed by atoms with Crippen LogP contribution in [0.4, 0.5) is 5.69 Å². The minimum absolute atomic E-state index is 0.0898. The maximum atomic E-state index is 5.33. The van der Waals surface area contributed by atoms with E-state index in [1.807, 2.05) is 24.3 Å². The molecule has 1 aliphatic heterocycles. The zero-order valence-corrected chi connectivity index (χ0v) is 18.8. The molecular weight excluding hydrogens is 475 g/mol. The normalized spacial score (nSPS) is 18.5. The van der Waals surface area contributed by atoms with Gasteiger partial charge < -0.3 is 14.4 Å². The van der Waals surface area contributed by atoms with Gasteiger partial charge in [-0.05, 0) is 101 Å². The lowest BCUT2D eigenvalue weighted by Crippen LogP contribution is -2.35. The Morgan fingerprint density at radius 3 is 1.90 bits per heavy atom. The lowest BCUT2D eigenvalue weighted by molar-refractivity contribution is 0.414. The molecule has 0 aliphatic carbocycles. The van der Waals surface area contributed by atoms with Crippen LogP contribution in [0.25, 0.3) is 0 Å². The smallest absolute Gasteiger partial charge is 0.148 e. The van der Waals surface area contributed by atoms with Crippen LogP contribution in [0, 0.1) is 3.57 Å². The van der Waals surface area contributed by atoms with Gasteiger partial charge in [-0.15, -0.1) is 0 Å². The lowest BCUT2D eigenvalue weighted by atomic mass is 10.0. The summed E-state index contributed by atoms with van der Waals surface area (Å²) >= 11 is 2.34. The first-order valence-electron chi connectivity index (χ1n) is 9.50. The van der Waals surface area contributed by atoms with E-state index in [4.69, 9.17) is 14.5 Å². The molecule has 3 aromatic rings. The summed E-state index contributed by atoms with van der Waals surface area (Å²) in [6, 6.07) is 25.1. The third-order valence-electron chi connectivity index (χ3n) is 5.26. The Morgan fingerprint density at radius 1 is 0.793 bits per heavy atom. The van der Waals surface area contributed by atoms with Gasteiger partial charge in [-0.3, -0.25) is 4.99 Å². The highest BCUT2D eigenvalue weighted by Crippen LogP contribution is 2.38. The van der Waals surface area contributed by atoms with Crippen LogP contribution in [0.3, 0.4) is 0 Å². The first-order valence-corrected chi connectivity index (χ1v) is 10.6. The second-order valence-electron chi connectivity index (χ2n) is 6.95. The van der Waals surface area contributed by atoms with Gasteiger partial charge in [-0.25, -0.2) is 0 Å². The molecule has 5 heteroatoms. The van der Waals surface area contributed by atoms with Crippen molar-refractivity contribution in [2.45, 2.75) is 19.1 Å². The third kappa shape index (κ3) is 3.96. The number of halogens is 1. The molecule has 1 heterocycles. The summed E-state index contributed by atoms with van der Waals surface area (Å²) in [5.74, 6) is 1.70. The lowest BCUT2D eigenvalue weighted by Gasteiger charge is -2.30. The topological polar surface area (TPSA) is 34.1 Å². The molecule has 1 aliphatic rings. The summed E-state index contributed by atoms with van der Waals surface area (Å²) in [6.45, 7) is 2.21. The minimum atomic E-state index is -0.0898. The molecule has 0 saturated carbocycles. The van der Waals surface area contributed by atoms with E-state index >= 15 is 0 Å². The van der Waals surface area contributed by atoms with Gasteiger partial charge in [-0.2, -0.15) is 0 Å². The fourth-order valence-corrected chi connectivity index (χ4v) is 4.07. The monoisotopic (exact) mass is 498 g/mol. The van der Waals surface area contributed by atoms with Crippen molar-refractivity contribution in [2.75, 3.05) is 19.1 Å². The van der Waals surface area contributed by atoms with Gasteiger partial charge in [0.25, 0.3) is 0 Å². The molecule has 0 amide bonds. The van der Waals surface area contributed by atoms with Crippen molar-refractivity contribution >= 4 is 34.0 Å². The molecule has 0 saturated heterocycles. The van der Waals surface area contributed by atoms with Crippen molar-refractivity contribution in [3.63, 3.8) is 0 Å². The van der Waals surface area contributed by atoms with Gasteiger partial charge in [0.1, 0.15) is 17.7 Å². The SMILES string of the molecule is COc1ccc(C2=NC(c3ccc(OC)cc3)N(c3ccc(I)cc3)C2C)cc1. The number of anilines is 1. The number of nitrogens with zero attached hydrogens (tertiary/aromatic N) is 2. The highest BCUT2D eigenvalue weighted by Gasteiger charge is 2.35. The number of aliphatic imine (C=N–C) groups is 1. The molecular formula is C24H23IN2O2. The molecule has 0 radical (unpaired) electrons. The van der Waals surface area contributed by atoms with Gasteiger partial charge in [0.2, 0.25) is 0 Å². The zero-order valence-electron chi connectivity index (χ0n) is 16.7. The largest absolute Gasteiger partial charge is 0.497 e. The molecule has 2 unspecified atom stereocenters. The molecule has 0 N–H and O–H groups in total. The van der Waals surface area contributed by atoms with Crippen LogP contribution in [0.2, 0.25) is 0 Å². The molecule has 3 aromatic carbocycles. The van der Waals surface area contributed by atoms with E-state index in [-0.39, 0.29) is 12.2 Å². The van der Waals surface area contributed by atoms with Crippen molar-refractivity contribution in [2.24, 2.45) is 4.99 Å². The van der Waals surface area contributed by atoms with E-state index in [2.05, 4.69) is 82.9 Å². The van der Waals surface area contributed by atoms with E-state index in [0.717, 1.165) is 34.0 Å². The standard InChI is InChI=1S/C24H23IN2O2/c1-16-23(17-4-12-21(28-2)13-5-17)26-24(18-6-14-22(29-3)15-7-18)27(16)20-10-8-19(25)9-11-20/h4-16,24H,1-3H3. The van der Waals surface area contributed by atoms with Crippen molar-refractivity contribution in [1.29, 1.82) is 0 Å². The molecule has 0 fully saturated rings. The quantitative estimate of drug-likeness (QED) is 0.423. The average molecular weight is 498 g/mol. The van der Waals surface area contributed by atoms with E-state index < -0.39 is 0 Å². The predicted molar refractivity (Wildman–Crippen MR) is 126 cm³/mol. The van der Waals surface area contributed by atoms with Crippen molar-refractivity contribution in [1.82, 2.24) is 0 Å². The number of hydrogen-bond acceptors (Lipinski definition) is 4. The predicted octanol–water partition coefficient (Wildman–Crippen LogP) is 5.71. The molecule has 0 bridgehead atoms. The van der Waals surface area contributed by atoms with Crippen LogP contribution < -0.4 is 14.4 Å². The summed E-state index contributed by atoms with van der Waals surface area (Å²) < 4.78 is 11.9. The summed E-state index contributed by atoms with van der Waals surface area (Å²) in [6.07, 6.45) is -0.0898. The van der Waals surface area contributed by atoms with Gasteiger partial charge in [0, 0.05) is 9.26 Å². The van der Waals surface area contributed by atoms with Gasteiger partial charge in [0.05, 0.1) is 26.0 Å². The van der Waals surface area contributed by atoms with Crippen molar-refractivity contribution < 1.29 is 9.47 Å². The highest BCUT2D eigenvalue weighted by molar-refractivity contribution is 14.1. The van der Waals surface area contributed by atoms with Gasteiger partial charge in [0.15, 0.2) is 0 Å². The Bertz CT molecular complexity index is 999. The first kappa shape index (κ1) is 19.8. The van der Waals surface area contributed by atoms with Crippen LogP contribution >= 0.6 is 22.6 Å². The maximum Gasteiger partial charge on any atom is 0.148 e. The van der Waals surface area contributed by atoms with E-state index in [1.165, 1.54) is 3.57 Å². The first-order chi connectivity index (χ1) is 14.1. The van der Waals surface area contributed by atoms with Crippen LogP contribution in [0.5, 0.6) is 11.5 Å². The number of ether oxygens (including phenoxy) is 2. The number of benzene rings is 3. The molecule has 2 atom stereocenters. The van der Waals surface area contributed by atoms with Gasteiger partial charge >= 0.3 is 0 Å². The Hall–Kier alpha value is -2.54. The molecule has 148 valence electrons. The van der Waals surface area contributed by atoms with E-state index in [0.29, 0.717) is 0 Å². The minimum Gasteiger partial charge on any atom is -0.497 e. The fourth-order valence-electron chi connectivity index (χ4n) is 3.71. The van der Waals surface area contributed by atoms with Crippen LogP contribution in [-0.2, 0) is 0 Å². The average Bonchev–Trinajstić information content (AvgIpc) is 3.11. The Labute approximate surface area is 185 Å². The molecule has 0 aromatic heterocycles.